The van der Waals surface area contributed by atoms with Crippen molar-refractivity contribution in [1.29, 1.82) is 0 Å². The van der Waals surface area contributed by atoms with E-state index in [0.717, 1.165) is 5.56 Å². The maximum absolute atomic E-state index is 12.2. The third kappa shape index (κ3) is 3.85. The minimum atomic E-state index is -1.04. The zero-order valence-corrected chi connectivity index (χ0v) is 12.8. The maximum Gasteiger partial charge on any atom is 0.323 e. The number of benzene rings is 1. The van der Waals surface area contributed by atoms with Crippen LogP contribution >= 0.6 is 11.6 Å². The molecule has 1 aromatic heterocycles. The Morgan fingerprint density at radius 2 is 2.09 bits per heavy atom. The van der Waals surface area contributed by atoms with Crippen molar-refractivity contribution in [2.45, 2.75) is 13.5 Å². The Bertz CT molecular complexity index is 684. The molecular weight excluding hydrogens is 306 g/mol. The number of carbonyl (C=O) groups excluding carboxylic acids is 1. The van der Waals surface area contributed by atoms with Gasteiger partial charge in [0, 0.05) is 17.8 Å². The number of carboxylic acids is 1. The van der Waals surface area contributed by atoms with Gasteiger partial charge in [0.05, 0.1) is 18.3 Å². The molecular formula is C15H16ClN3O3. The zero-order chi connectivity index (χ0) is 16.1. The lowest BCUT2D eigenvalue weighted by molar-refractivity contribution is -0.137. The monoisotopic (exact) mass is 321 g/mol. The summed E-state index contributed by atoms with van der Waals surface area (Å²) >= 11 is 6.09. The Balaban J connectivity index is 2.12. The Morgan fingerprint density at radius 3 is 2.73 bits per heavy atom. The first-order valence-electron chi connectivity index (χ1n) is 6.78. The third-order valence-corrected chi connectivity index (χ3v) is 3.53. The smallest absolute Gasteiger partial charge is 0.323 e. The summed E-state index contributed by atoms with van der Waals surface area (Å²) in [4.78, 5) is 24.2. The van der Waals surface area contributed by atoms with Gasteiger partial charge in [-0.2, -0.15) is 5.10 Å². The summed E-state index contributed by atoms with van der Waals surface area (Å²) in [6.45, 7) is 2.17. The molecule has 0 aliphatic rings. The van der Waals surface area contributed by atoms with Crippen LogP contribution in [-0.2, 0) is 11.3 Å². The van der Waals surface area contributed by atoms with Crippen LogP contribution in [0.4, 0.5) is 0 Å². The fourth-order valence-electron chi connectivity index (χ4n) is 2.03. The van der Waals surface area contributed by atoms with Gasteiger partial charge in [0.2, 0.25) is 0 Å². The van der Waals surface area contributed by atoms with Crippen molar-refractivity contribution < 1.29 is 14.7 Å². The summed E-state index contributed by atoms with van der Waals surface area (Å²) in [6.07, 6.45) is 3.03. The lowest BCUT2D eigenvalue weighted by Crippen LogP contribution is -2.35. The molecule has 0 fully saturated rings. The van der Waals surface area contributed by atoms with E-state index < -0.39 is 5.97 Å². The van der Waals surface area contributed by atoms with E-state index in [9.17, 15) is 9.59 Å². The van der Waals surface area contributed by atoms with Gasteiger partial charge in [-0.15, -0.1) is 0 Å². The molecule has 7 heteroatoms. The van der Waals surface area contributed by atoms with Gasteiger partial charge in [-0.25, -0.2) is 0 Å². The first-order chi connectivity index (χ1) is 10.5. The Morgan fingerprint density at radius 1 is 1.36 bits per heavy atom. The first-order valence-corrected chi connectivity index (χ1v) is 7.16. The van der Waals surface area contributed by atoms with E-state index in [1.165, 1.54) is 11.1 Å². The minimum Gasteiger partial charge on any atom is -0.480 e. The molecule has 0 unspecified atom stereocenters. The third-order valence-electron chi connectivity index (χ3n) is 3.17. The van der Waals surface area contributed by atoms with Crippen LogP contribution in [0.3, 0.4) is 0 Å². The number of amides is 1. The van der Waals surface area contributed by atoms with E-state index in [-0.39, 0.29) is 12.5 Å². The summed E-state index contributed by atoms with van der Waals surface area (Å²) in [5, 5.41) is 13.6. The number of carbonyl (C=O) groups is 2. The second-order valence-corrected chi connectivity index (χ2v) is 5.14. The number of rotatable bonds is 6. The van der Waals surface area contributed by atoms with Gasteiger partial charge in [0.15, 0.2) is 0 Å². The Hall–Kier alpha value is -2.34. The Labute approximate surface area is 132 Å². The van der Waals surface area contributed by atoms with E-state index >= 15 is 0 Å². The van der Waals surface area contributed by atoms with Crippen molar-refractivity contribution in [2.75, 3.05) is 13.1 Å². The number of hydrogen-bond donors (Lipinski definition) is 1. The van der Waals surface area contributed by atoms with Crippen molar-refractivity contribution in [3.63, 3.8) is 0 Å². The number of halogens is 1. The molecule has 0 aliphatic carbocycles. The highest BCUT2D eigenvalue weighted by Crippen LogP contribution is 2.16. The van der Waals surface area contributed by atoms with Crippen LogP contribution < -0.4 is 0 Å². The largest absolute Gasteiger partial charge is 0.480 e. The summed E-state index contributed by atoms with van der Waals surface area (Å²) in [7, 11) is 0. The number of likely N-dealkylation sites (N-methyl/N-ethyl adjacent to an activating group) is 1. The summed E-state index contributed by atoms with van der Waals surface area (Å²) in [5.74, 6) is -1.39. The average Bonchev–Trinajstić information content (AvgIpc) is 2.95. The van der Waals surface area contributed by atoms with Crippen LogP contribution in [0.25, 0.3) is 0 Å². The molecule has 1 heterocycles. The quantitative estimate of drug-likeness (QED) is 0.884. The second-order valence-electron chi connectivity index (χ2n) is 4.73. The molecule has 22 heavy (non-hydrogen) atoms. The zero-order valence-electron chi connectivity index (χ0n) is 12.1. The molecule has 1 amide bonds. The molecule has 0 saturated carbocycles. The second kappa shape index (κ2) is 7.09. The van der Waals surface area contributed by atoms with Crippen LogP contribution in [0.15, 0.2) is 36.7 Å². The van der Waals surface area contributed by atoms with E-state index in [1.807, 2.05) is 18.2 Å². The molecule has 1 N–H and O–H groups in total. The fourth-order valence-corrected chi connectivity index (χ4v) is 2.23. The highest BCUT2D eigenvalue weighted by Gasteiger charge is 2.18. The lowest BCUT2D eigenvalue weighted by Gasteiger charge is -2.17. The summed E-state index contributed by atoms with van der Waals surface area (Å²) in [6, 6.07) is 7.39. The molecule has 2 rings (SSSR count). The van der Waals surface area contributed by atoms with Gasteiger partial charge < -0.3 is 10.0 Å². The van der Waals surface area contributed by atoms with E-state index in [1.54, 1.807) is 23.9 Å². The van der Waals surface area contributed by atoms with Crippen LogP contribution in [-0.4, -0.2) is 44.8 Å². The van der Waals surface area contributed by atoms with Crippen molar-refractivity contribution >= 4 is 23.5 Å². The molecule has 0 saturated heterocycles. The van der Waals surface area contributed by atoms with Gasteiger partial charge >= 0.3 is 5.97 Å². The minimum absolute atomic E-state index is 0.320. The van der Waals surface area contributed by atoms with E-state index in [2.05, 4.69) is 5.10 Å². The van der Waals surface area contributed by atoms with Gasteiger partial charge in [-0.3, -0.25) is 14.3 Å². The van der Waals surface area contributed by atoms with Gasteiger partial charge in [-0.1, -0.05) is 29.8 Å². The highest BCUT2D eigenvalue weighted by molar-refractivity contribution is 6.31. The SMILES string of the molecule is CCN(CC(=O)O)C(=O)c1cnn(Cc2ccccc2Cl)c1. The lowest BCUT2D eigenvalue weighted by atomic mass is 10.2. The van der Waals surface area contributed by atoms with Crippen LogP contribution in [0.5, 0.6) is 0 Å². The van der Waals surface area contributed by atoms with Crippen LogP contribution in [0, 0.1) is 0 Å². The molecule has 0 spiro atoms. The molecule has 0 radical (unpaired) electrons. The number of aliphatic carboxylic acids is 1. The number of nitrogens with zero attached hydrogens (tertiary/aromatic N) is 3. The average molecular weight is 322 g/mol. The standard InChI is InChI=1S/C15H16ClN3O3/c1-2-18(10-14(20)21)15(22)12-7-17-19(9-12)8-11-5-3-4-6-13(11)16/h3-7,9H,2,8,10H2,1H3,(H,20,21). The molecule has 1 aromatic carbocycles. The van der Waals surface area contributed by atoms with Crippen molar-refractivity contribution in [1.82, 2.24) is 14.7 Å². The van der Waals surface area contributed by atoms with Crippen molar-refractivity contribution in [2.24, 2.45) is 0 Å². The fraction of sp³-hybridized carbons (Fsp3) is 0.267. The first kappa shape index (κ1) is 16.0. The Kier molecular flexibility index (Phi) is 5.16. The van der Waals surface area contributed by atoms with Gasteiger partial charge in [0.25, 0.3) is 5.91 Å². The van der Waals surface area contributed by atoms with Gasteiger partial charge in [0.1, 0.15) is 6.54 Å². The molecule has 0 aliphatic heterocycles. The number of carboxylic acid groups (broad SMARTS) is 1. The van der Waals surface area contributed by atoms with Crippen LogP contribution in [0.1, 0.15) is 22.8 Å². The normalized spacial score (nSPS) is 10.5. The topological polar surface area (TPSA) is 75.4 Å². The predicted octanol–water partition coefficient (Wildman–Crippen LogP) is 2.13. The van der Waals surface area contributed by atoms with Crippen LogP contribution in [0.2, 0.25) is 5.02 Å². The molecule has 2 aromatic rings. The van der Waals surface area contributed by atoms with Crippen molar-refractivity contribution in [3.05, 3.63) is 52.8 Å². The molecule has 0 atom stereocenters. The maximum atomic E-state index is 12.2. The highest BCUT2D eigenvalue weighted by atomic mass is 35.5. The van der Waals surface area contributed by atoms with E-state index in [0.29, 0.717) is 23.7 Å². The summed E-state index contributed by atoms with van der Waals surface area (Å²) in [5.41, 5.74) is 1.25. The van der Waals surface area contributed by atoms with Crippen molar-refractivity contribution in [3.8, 4) is 0 Å². The van der Waals surface area contributed by atoms with Gasteiger partial charge in [-0.05, 0) is 18.6 Å². The molecule has 0 bridgehead atoms. The molecule has 116 valence electrons. The van der Waals surface area contributed by atoms with E-state index in [4.69, 9.17) is 16.7 Å². The summed E-state index contributed by atoms with van der Waals surface area (Å²) < 4.78 is 1.60. The number of aromatic nitrogens is 2. The number of hydrogen-bond acceptors (Lipinski definition) is 3. The predicted molar refractivity (Wildman–Crippen MR) is 82.0 cm³/mol. The molecule has 6 nitrogen and oxygen atoms in total.